The van der Waals surface area contributed by atoms with Gasteiger partial charge in [-0.2, -0.15) is 0 Å². The molecule has 6 heteroatoms. The van der Waals surface area contributed by atoms with Gasteiger partial charge in [0, 0.05) is 31.9 Å². The lowest BCUT2D eigenvalue weighted by Gasteiger charge is -2.24. The van der Waals surface area contributed by atoms with Gasteiger partial charge >= 0.3 is 5.69 Å². The maximum atomic E-state index is 11.0. The quantitative estimate of drug-likeness (QED) is 0.628. The lowest BCUT2D eigenvalue weighted by molar-refractivity contribution is -0.384. The first-order valence-corrected chi connectivity index (χ1v) is 5.64. The van der Waals surface area contributed by atoms with Crippen molar-refractivity contribution in [1.82, 2.24) is 10.3 Å². The molecule has 1 atom stereocenters. The van der Waals surface area contributed by atoms with E-state index in [1.807, 2.05) is 11.9 Å². The number of pyridine rings is 1. The van der Waals surface area contributed by atoms with Crippen LogP contribution in [-0.2, 0) is 0 Å². The number of nitrogens with one attached hydrogen (secondary N) is 1. The second-order valence-electron chi connectivity index (χ2n) is 4.37. The van der Waals surface area contributed by atoms with Crippen molar-refractivity contribution in [2.24, 2.45) is 0 Å². The van der Waals surface area contributed by atoms with Gasteiger partial charge in [-0.3, -0.25) is 10.1 Å². The van der Waals surface area contributed by atoms with Gasteiger partial charge in [0.05, 0.1) is 4.92 Å². The minimum atomic E-state index is -0.367. The molecule has 17 heavy (non-hydrogen) atoms. The molecule has 92 valence electrons. The van der Waals surface area contributed by atoms with Crippen LogP contribution in [0, 0.1) is 17.0 Å². The topological polar surface area (TPSA) is 71.3 Å². The average Bonchev–Trinajstić information content (AvgIpc) is 2.81. The number of aromatic nitrogens is 1. The Morgan fingerprint density at radius 3 is 3.00 bits per heavy atom. The third-order valence-electron chi connectivity index (χ3n) is 3.10. The smallest absolute Gasteiger partial charge is 0.311 e. The Morgan fingerprint density at radius 1 is 1.65 bits per heavy atom. The third kappa shape index (κ3) is 2.36. The average molecular weight is 236 g/mol. The fourth-order valence-corrected chi connectivity index (χ4v) is 2.10. The van der Waals surface area contributed by atoms with Crippen molar-refractivity contribution < 1.29 is 4.92 Å². The molecule has 1 aliphatic rings. The summed E-state index contributed by atoms with van der Waals surface area (Å²) in [5.74, 6) is 0.453. The molecule has 2 rings (SSSR count). The number of aryl methyl sites for hydroxylation is 1. The number of anilines is 1. The van der Waals surface area contributed by atoms with E-state index in [4.69, 9.17) is 0 Å². The molecule has 1 fully saturated rings. The Bertz CT molecular complexity index is 429. The van der Waals surface area contributed by atoms with Gasteiger partial charge in [0.25, 0.3) is 0 Å². The predicted molar refractivity (Wildman–Crippen MR) is 65.3 cm³/mol. The molecule has 1 N–H and O–H groups in total. The molecular weight excluding hydrogens is 220 g/mol. The molecule has 0 aromatic carbocycles. The van der Waals surface area contributed by atoms with E-state index in [1.54, 1.807) is 19.2 Å². The fourth-order valence-electron chi connectivity index (χ4n) is 2.10. The number of rotatable bonds is 3. The monoisotopic (exact) mass is 236 g/mol. The number of nitrogens with zero attached hydrogens (tertiary/aromatic N) is 3. The van der Waals surface area contributed by atoms with E-state index in [9.17, 15) is 10.1 Å². The first-order chi connectivity index (χ1) is 8.09. The maximum absolute atomic E-state index is 11.0. The zero-order valence-corrected chi connectivity index (χ0v) is 10.0. The van der Waals surface area contributed by atoms with Crippen molar-refractivity contribution >= 4 is 11.5 Å². The normalized spacial score (nSPS) is 19.3. The van der Waals surface area contributed by atoms with E-state index in [-0.39, 0.29) is 16.7 Å². The zero-order valence-electron chi connectivity index (χ0n) is 10.0. The van der Waals surface area contributed by atoms with Gasteiger partial charge in [0.15, 0.2) is 0 Å². The lowest BCUT2D eigenvalue weighted by Crippen LogP contribution is -2.34. The standard InChI is InChI=1S/C11H16N4O2/c1-8-5-10(15(16)17)11(13-6-8)14(2)9-3-4-12-7-9/h5-6,9,12H,3-4,7H2,1-2H3. The van der Waals surface area contributed by atoms with Crippen molar-refractivity contribution in [3.05, 3.63) is 27.9 Å². The van der Waals surface area contributed by atoms with Crippen LogP contribution in [0.15, 0.2) is 12.3 Å². The van der Waals surface area contributed by atoms with Crippen molar-refractivity contribution in [2.75, 3.05) is 25.0 Å². The van der Waals surface area contributed by atoms with Crippen molar-refractivity contribution in [3.8, 4) is 0 Å². The second kappa shape index (κ2) is 4.67. The van der Waals surface area contributed by atoms with Crippen LogP contribution in [0.4, 0.5) is 11.5 Å². The van der Waals surface area contributed by atoms with E-state index < -0.39 is 0 Å². The largest absolute Gasteiger partial charge is 0.350 e. The van der Waals surface area contributed by atoms with Crippen LogP contribution in [0.3, 0.4) is 0 Å². The minimum Gasteiger partial charge on any atom is -0.350 e. The summed E-state index contributed by atoms with van der Waals surface area (Å²) < 4.78 is 0. The van der Waals surface area contributed by atoms with Gasteiger partial charge in [-0.25, -0.2) is 4.98 Å². The summed E-state index contributed by atoms with van der Waals surface area (Å²) in [7, 11) is 1.86. The van der Waals surface area contributed by atoms with E-state index in [2.05, 4.69) is 10.3 Å². The summed E-state index contributed by atoms with van der Waals surface area (Å²) in [6.07, 6.45) is 2.66. The number of hydrogen-bond donors (Lipinski definition) is 1. The molecule has 0 amide bonds. The van der Waals surface area contributed by atoms with Crippen LogP contribution < -0.4 is 10.2 Å². The first kappa shape index (κ1) is 11.8. The van der Waals surface area contributed by atoms with Gasteiger partial charge in [-0.05, 0) is 25.5 Å². The fraction of sp³-hybridized carbons (Fsp3) is 0.545. The van der Waals surface area contributed by atoms with Gasteiger partial charge < -0.3 is 10.2 Å². The molecule has 2 heterocycles. The number of likely N-dealkylation sites (N-methyl/N-ethyl adjacent to an activating group) is 1. The highest BCUT2D eigenvalue weighted by Gasteiger charge is 2.26. The van der Waals surface area contributed by atoms with E-state index in [1.165, 1.54) is 0 Å². The van der Waals surface area contributed by atoms with E-state index >= 15 is 0 Å². The molecule has 0 saturated carbocycles. The molecule has 1 aliphatic heterocycles. The number of nitro groups is 1. The molecule has 0 radical (unpaired) electrons. The molecule has 1 aromatic heterocycles. The summed E-state index contributed by atoms with van der Waals surface area (Å²) in [6, 6.07) is 1.85. The Hall–Kier alpha value is -1.69. The van der Waals surface area contributed by atoms with Crippen molar-refractivity contribution in [3.63, 3.8) is 0 Å². The maximum Gasteiger partial charge on any atom is 0.311 e. The van der Waals surface area contributed by atoms with Gasteiger partial charge in [0.2, 0.25) is 5.82 Å². The van der Waals surface area contributed by atoms with Crippen LogP contribution in [0.1, 0.15) is 12.0 Å². The summed E-state index contributed by atoms with van der Waals surface area (Å²) >= 11 is 0. The molecule has 0 spiro atoms. The Morgan fingerprint density at radius 2 is 2.41 bits per heavy atom. The molecular formula is C11H16N4O2. The van der Waals surface area contributed by atoms with Gasteiger partial charge in [-0.15, -0.1) is 0 Å². The zero-order chi connectivity index (χ0) is 12.4. The van der Waals surface area contributed by atoms with Crippen molar-refractivity contribution in [2.45, 2.75) is 19.4 Å². The molecule has 6 nitrogen and oxygen atoms in total. The summed E-state index contributed by atoms with van der Waals surface area (Å²) in [5, 5.41) is 14.3. The van der Waals surface area contributed by atoms with Crippen LogP contribution in [0.5, 0.6) is 0 Å². The summed E-state index contributed by atoms with van der Waals surface area (Å²) in [5.41, 5.74) is 0.887. The highest BCUT2D eigenvalue weighted by atomic mass is 16.6. The van der Waals surface area contributed by atoms with Crippen LogP contribution in [0.2, 0.25) is 0 Å². The first-order valence-electron chi connectivity index (χ1n) is 5.64. The number of hydrogen-bond acceptors (Lipinski definition) is 5. The van der Waals surface area contributed by atoms with E-state index in [0.29, 0.717) is 5.82 Å². The molecule has 0 bridgehead atoms. The molecule has 1 aromatic rings. The molecule has 1 unspecified atom stereocenters. The van der Waals surface area contributed by atoms with E-state index in [0.717, 1.165) is 25.1 Å². The minimum absolute atomic E-state index is 0.0828. The van der Waals surface area contributed by atoms with Crippen LogP contribution in [-0.4, -0.2) is 36.1 Å². The Balaban J connectivity index is 2.33. The Labute approximate surface area is 99.8 Å². The van der Waals surface area contributed by atoms with Crippen molar-refractivity contribution in [1.29, 1.82) is 0 Å². The molecule has 0 aliphatic carbocycles. The summed E-state index contributed by atoms with van der Waals surface area (Å²) in [6.45, 7) is 3.61. The van der Waals surface area contributed by atoms with Crippen LogP contribution >= 0.6 is 0 Å². The highest BCUT2D eigenvalue weighted by molar-refractivity contribution is 5.58. The summed E-state index contributed by atoms with van der Waals surface area (Å²) in [4.78, 5) is 16.8. The second-order valence-corrected chi connectivity index (χ2v) is 4.37. The third-order valence-corrected chi connectivity index (χ3v) is 3.10. The van der Waals surface area contributed by atoms with Gasteiger partial charge in [-0.1, -0.05) is 0 Å². The molecule has 1 saturated heterocycles. The highest BCUT2D eigenvalue weighted by Crippen LogP contribution is 2.27. The van der Waals surface area contributed by atoms with Crippen LogP contribution in [0.25, 0.3) is 0 Å². The SMILES string of the molecule is Cc1cnc(N(C)C2CCNC2)c([N+](=O)[O-])c1. The van der Waals surface area contributed by atoms with Gasteiger partial charge in [0.1, 0.15) is 0 Å². The lowest BCUT2D eigenvalue weighted by atomic mass is 10.2. The Kier molecular flexibility index (Phi) is 3.23. The predicted octanol–water partition coefficient (Wildman–Crippen LogP) is 1.10.